The minimum Gasteiger partial charge on any atom is -0.453 e. The van der Waals surface area contributed by atoms with Gasteiger partial charge in [-0.2, -0.15) is 18.0 Å². The van der Waals surface area contributed by atoms with Crippen molar-refractivity contribution in [1.82, 2.24) is 29.0 Å². The van der Waals surface area contributed by atoms with Crippen LogP contribution in [0.3, 0.4) is 0 Å². The summed E-state index contributed by atoms with van der Waals surface area (Å²) in [5.41, 5.74) is 3.46. The molecule has 1 aromatic heterocycles. The van der Waals surface area contributed by atoms with Gasteiger partial charge in [-0.3, -0.25) is 38.7 Å². The highest BCUT2D eigenvalue weighted by Crippen LogP contribution is 2.37. The second-order valence-corrected chi connectivity index (χ2v) is 20.0. The van der Waals surface area contributed by atoms with Crippen molar-refractivity contribution >= 4 is 55.9 Å². The highest BCUT2D eigenvalue weighted by atomic mass is 32.2. The summed E-state index contributed by atoms with van der Waals surface area (Å²) in [6, 6.07) is 22.1. The molecule has 5 heterocycles. The number of amides is 3. The highest BCUT2D eigenvalue weighted by Gasteiger charge is 2.40. The number of piperazine rings is 1. The van der Waals surface area contributed by atoms with Crippen LogP contribution in [-0.2, 0) is 26.3 Å². The summed E-state index contributed by atoms with van der Waals surface area (Å²) in [7, 11) is -2.13. The van der Waals surface area contributed by atoms with Crippen LogP contribution in [0.15, 0.2) is 83.9 Å². The van der Waals surface area contributed by atoms with E-state index in [-0.39, 0.29) is 54.6 Å². The summed E-state index contributed by atoms with van der Waals surface area (Å²) in [5, 5.41) is 12.5. The number of benzene rings is 4. The van der Waals surface area contributed by atoms with Crippen LogP contribution >= 0.6 is 0 Å². The number of rotatable bonds is 11. The Morgan fingerprint density at radius 3 is 2.35 bits per heavy atom. The number of imide groups is 1. The number of ether oxygens (including phenoxy) is 1. The lowest BCUT2D eigenvalue weighted by Gasteiger charge is -2.44. The molecule has 5 aliphatic rings. The van der Waals surface area contributed by atoms with Crippen molar-refractivity contribution in [2.75, 3.05) is 60.8 Å². The smallest absolute Gasteiger partial charge is 0.301 e. The molecule has 5 aromatic rings. The molecule has 2 N–H and O–H groups in total. The number of hydrogen-bond donors (Lipinski definition) is 2. The molecule has 0 radical (unpaired) electrons. The molecule has 17 nitrogen and oxygen atoms in total. The van der Waals surface area contributed by atoms with Crippen molar-refractivity contribution in [1.29, 1.82) is 5.26 Å². The lowest BCUT2D eigenvalue weighted by Crippen LogP contribution is -2.52. The second-order valence-electron chi connectivity index (χ2n) is 18.3. The van der Waals surface area contributed by atoms with Crippen molar-refractivity contribution in [2.45, 2.75) is 75.8 Å². The van der Waals surface area contributed by atoms with E-state index in [0.717, 1.165) is 85.2 Å². The Bertz CT molecular complexity index is 3080. The van der Waals surface area contributed by atoms with Crippen LogP contribution in [0.1, 0.15) is 66.4 Å². The predicted octanol–water partition coefficient (Wildman–Crippen LogP) is 5.22. The quantitative estimate of drug-likeness (QED) is 0.164. The van der Waals surface area contributed by atoms with Gasteiger partial charge in [0, 0.05) is 88.3 Å². The zero-order chi connectivity index (χ0) is 48.1. The van der Waals surface area contributed by atoms with E-state index < -0.39 is 51.0 Å². The molecule has 4 fully saturated rings. The van der Waals surface area contributed by atoms with Crippen molar-refractivity contribution in [3.05, 3.63) is 112 Å². The molecule has 4 aromatic carbocycles. The maximum Gasteiger partial charge on any atom is 0.301 e. The largest absolute Gasteiger partial charge is 0.453 e. The Kier molecular flexibility index (Phi) is 12.3. The van der Waals surface area contributed by atoms with Crippen LogP contribution in [0, 0.1) is 17.1 Å². The molecule has 0 unspecified atom stereocenters. The van der Waals surface area contributed by atoms with Gasteiger partial charge >= 0.3 is 10.2 Å². The first-order chi connectivity index (χ1) is 33.2. The molecule has 0 spiro atoms. The molecular formula is C49H50F2N10O7S. The zero-order valence-electron chi connectivity index (χ0n) is 37.8. The van der Waals surface area contributed by atoms with Gasteiger partial charge in [0.15, 0.2) is 11.6 Å². The number of aromatic nitrogens is 2. The Balaban J connectivity index is 0.742. The van der Waals surface area contributed by atoms with Crippen LogP contribution in [-0.4, -0.2) is 120 Å². The van der Waals surface area contributed by atoms with Crippen LogP contribution in [0.2, 0.25) is 0 Å². The summed E-state index contributed by atoms with van der Waals surface area (Å²) in [4.78, 5) is 64.6. The molecule has 3 saturated heterocycles. The number of nitrogens with one attached hydrogen (secondary N) is 2. The molecule has 20 heteroatoms. The van der Waals surface area contributed by atoms with Crippen molar-refractivity contribution in [3.8, 4) is 23.3 Å². The predicted molar refractivity (Wildman–Crippen MR) is 253 cm³/mol. The van der Waals surface area contributed by atoms with E-state index in [1.54, 1.807) is 11.0 Å². The maximum absolute atomic E-state index is 15.2. The Morgan fingerprint density at radius 1 is 0.884 bits per heavy atom. The third-order valence-corrected chi connectivity index (χ3v) is 15.8. The fourth-order valence-electron chi connectivity index (χ4n) is 10.4. The van der Waals surface area contributed by atoms with E-state index >= 15 is 4.39 Å². The first-order valence-corrected chi connectivity index (χ1v) is 24.6. The van der Waals surface area contributed by atoms with Gasteiger partial charge in [0.1, 0.15) is 35.9 Å². The standard InChI is InChI=1S/C49H50F2N10O7S/c1-56(36-10-12-38-30(24-36)27-60(48(38)64)44-16-17-45(62)54-47(44)63)32-2-4-33(5-3-32)57-20-22-58(23-21-57)34-6-8-35(9-7-34)61-29-53-42-14-11-37(25-39(42)49(61)65)68-46-40(26-52)43(15-13-41(46)51)55-69(66,67)59-19-18-31(50)28-59/h6-15,24-25,29,31-33,44,55H,2-5,16-23,27-28H2,1H3,(H,54,62,63)/t31-,32-,33-,44-/m1/s1. The topological polar surface area (TPSA) is 194 Å². The zero-order valence-corrected chi connectivity index (χ0v) is 38.6. The number of halogens is 2. The maximum atomic E-state index is 15.2. The average molecular weight is 961 g/mol. The van der Waals surface area contributed by atoms with Crippen molar-refractivity contribution < 1.29 is 36.3 Å². The van der Waals surface area contributed by atoms with Crippen LogP contribution < -0.4 is 30.1 Å². The van der Waals surface area contributed by atoms with Crippen LogP contribution in [0.25, 0.3) is 16.6 Å². The number of hydrogen-bond acceptors (Lipinski definition) is 12. The summed E-state index contributed by atoms with van der Waals surface area (Å²) < 4.78 is 65.2. The Hall–Kier alpha value is -6.95. The van der Waals surface area contributed by atoms with Gasteiger partial charge in [0.2, 0.25) is 11.8 Å². The van der Waals surface area contributed by atoms with Gasteiger partial charge in [0.05, 0.1) is 22.3 Å². The van der Waals surface area contributed by atoms with Gasteiger partial charge in [-0.15, -0.1) is 0 Å². The Labute approximate surface area is 397 Å². The SMILES string of the molecule is CN(c1ccc2c(c1)CN([C@@H]1CCC(=O)NC1=O)C2=O)[C@H]1CC[C@H](N2CCN(c3ccc(-n4cnc5ccc(Oc6c(F)ccc(NS(=O)(=O)N7CC[C@@H](F)C7)c6C#N)cc5c4=O)cc3)CC2)CC1. The fraction of sp³-hybridized carbons (Fsp3) is 0.388. The number of alkyl halides is 1. The number of nitrogens with zero attached hydrogens (tertiary/aromatic N) is 8. The lowest BCUT2D eigenvalue weighted by molar-refractivity contribution is -0.136. The van der Waals surface area contributed by atoms with Crippen molar-refractivity contribution in [2.24, 2.45) is 0 Å². The van der Waals surface area contributed by atoms with Gasteiger partial charge in [-0.05, 0) is 117 Å². The number of piperidine rings is 1. The normalized spacial score (nSPS) is 22.4. The van der Waals surface area contributed by atoms with Gasteiger partial charge in [0.25, 0.3) is 11.5 Å². The molecule has 10 rings (SSSR count). The van der Waals surface area contributed by atoms with Gasteiger partial charge < -0.3 is 19.4 Å². The lowest BCUT2D eigenvalue weighted by atomic mass is 9.88. The van der Waals surface area contributed by atoms with E-state index in [4.69, 9.17) is 4.74 Å². The van der Waals surface area contributed by atoms with E-state index in [2.05, 4.69) is 42.8 Å². The molecule has 0 bridgehead atoms. The molecule has 2 atom stereocenters. The minimum absolute atomic E-state index is 0.0154. The average Bonchev–Trinajstić information content (AvgIpc) is 3.95. The van der Waals surface area contributed by atoms with E-state index in [9.17, 15) is 37.2 Å². The molecule has 4 aliphatic heterocycles. The fourth-order valence-corrected chi connectivity index (χ4v) is 11.7. The molecule has 1 aliphatic carbocycles. The molecule has 3 amide bonds. The minimum atomic E-state index is -4.24. The molecule has 69 heavy (non-hydrogen) atoms. The number of fused-ring (bicyclic) bond motifs is 2. The third-order valence-electron chi connectivity index (χ3n) is 14.3. The summed E-state index contributed by atoms with van der Waals surface area (Å²) in [6.45, 7) is 3.53. The molecular weight excluding hydrogens is 911 g/mol. The van der Waals surface area contributed by atoms with Crippen molar-refractivity contribution in [3.63, 3.8) is 0 Å². The van der Waals surface area contributed by atoms with E-state index in [1.165, 1.54) is 29.1 Å². The highest BCUT2D eigenvalue weighted by molar-refractivity contribution is 7.90. The van der Waals surface area contributed by atoms with E-state index in [0.29, 0.717) is 41.8 Å². The van der Waals surface area contributed by atoms with Crippen LogP contribution in [0.4, 0.5) is 25.8 Å². The van der Waals surface area contributed by atoms with E-state index in [1.807, 2.05) is 36.4 Å². The molecule has 1 saturated carbocycles. The van der Waals surface area contributed by atoms with Gasteiger partial charge in [-0.1, -0.05) is 0 Å². The number of carbonyl (C=O) groups excluding carboxylic acids is 3. The summed E-state index contributed by atoms with van der Waals surface area (Å²) in [6.07, 6.45) is 4.98. The summed E-state index contributed by atoms with van der Waals surface area (Å²) >= 11 is 0. The number of nitriles is 1. The Morgan fingerprint density at radius 2 is 1.64 bits per heavy atom. The second kappa shape index (κ2) is 18.5. The monoisotopic (exact) mass is 960 g/mol. The summed E-state index contributed by atoms with van der Waals surface area (Å²) in [5.74, 6) is -2.35. The molecule has 358 valence electrons. The number of carbonyl (C=O) groups is 3. The van der Waals surface area contributed by atoms with Gasteiger partial charge in [-0.25, -0.2) is 13.8 Å². The first kappa shape index (κ1) is 45.8. The van der Waals surface area contributed by atoms with Crippen LogP contribution in [0.5, 0.6) is 11.5 Å². The number of anilines is 3. The third kappa shape index (κ3) is 8.97. The first-order valence-electron chi connectivity index (χ1n) is 23.2.